The minimum Gasteiger partial charge on any atom is -0.396 e. The standard InChI is InChI=1S/3C8H18O.C8H18.C7H16O2.C7H16.C6H16N2/c1-4-8(6-9)5-7(2)3;2*1-4-8(9)6-5-7(2)3;1-4-5-6-7-8(2)3;1-6(2)3-4-7(9)5-8;1-4-5-6-7(2)3;1-4-5-8(7)6(2)3/h3*7-9H,4-6H2,1-3H3;8H,4-7H2,1-3H3;6-9H,3-5H2,1-2H3;7H,4-6H2,1-3H3;6H,4-5,7H2,1-3H3/t;2*8-;;;;/m.10..../s1. The van der Waals surface area contributed by atoms with Crippen LogP contribution in [-0.4, -0.2) is 74.7 Å². The van der Waals surface area contributed by atoms with Gasteiger partial charge in [-0.25, -0.2) is 5.01 Å². The third kappa shape index (κ3) is 89.6. The molecule has 0 aliphatic rings. The summed E-state index contributed by atoms with van der Waals surface area (Å²) in [6.07, 6.45) is 20.2. The number of hydrogen-bond donors (Lipinski definition) is 6. The molecule has 2 unspecified atom stereocenters. The molecule has 0 fully saturated rings. The normalized spacial score (nSPS) is 12.9. The second-order valence-corrected chi connectivity index (χ2v) is 19.7. The van der Waals surface area contributed by atoms with Gasteiger partial charge in [0.05, 0.1) is 24.9 Å². The molecule has 7 nitrogen and oxygen atoms in total. The van der Waals surface area contributed by atoms with Crippen molar-refractivity contribution in [1.82, 2.24) is 5.01 Å². The number of rotatable bonds is 26. The predicted molar refractivity (Wildman–Crippen MR) is 268 cm³/mol. The van der Waals surface area contributed by atoms with Gasteiger partial charge in [0.1, 0.15) is 0 Å². The molecule has 0 bridgehead atoms. The molecule has 0 aromatic carbocycles. The Bertz CT molecular complexity index is 641. The van der Waals surface area contributed by atoms with Gasteiger partial charge in [0, 0.05) is 19.2 Å². The first-order valence-corrected chi connectivity index (χ1v) is 25.2. The summed E-state index contributed by atoms with van der Waals surface area (Å²) >= 11 is 0. The third-order valence-electron chi connectivity index (χ3n) is 9.69. The van der Waals surface area contributed by atoms with Crippen molar-refractivity contribution in [2.24, 2.45) is 47.3 Å². The fourth-order valence-electron chi connectivity index (χ4n) is 5.05. The fourth-order valence-corrected chi connectivity index (χ4v) is 5.05. The molecule has 59 heavy (non-hydrogen) atoms. The molecule has 0 aromatic heterocycles. The van der Waals surface area contributed by atoms with Crippen molar-refractivity contribution in [1.29, 1.82) is 0 Å². The SMILES string of the molecule is CC(C)CCC(O)CO.CCC(CO)CC(C)C.CCCCC(C)C.CCCCCC(C)C.CCCN(N)C(C)C.CC[C@@H](O)CCC(C)C.CC[C@H](O)CCC(C)C. The summed E-state index contributed by atoms with van der Waals surface area (Å²) in [6.45, 7) is 44.7. The van der Waals surface area contributed by atoms with Gasteiger partial charge in [-0.2, -0.15) is 0 Å². The third-order valence-corrected chi connectivity index (χ3v) is 9.69. The minimum absolute atomic E-state index is 0.0626. The van der Waals surface area contributed by atoms with Crippen molar-refractivity contribution in [3.8, 4) is 0 Å². The van der Waals surface area contributed by atoms with Gasteiger partial charge in [0.25, 0.3) is 0 Å². The number of hydrogen-bond acceptors (Lipinski definition) is 7. The van der Waals surface area contributed by atoms with Crippen LogP contribution < -0.4 is 5.84 Å². The lowest BCUT2D eigenvalue weighted by molar-refractivity contribution is 0.0837. The molecular weight excluding hydrogens is 733 g/mol. The van der Waals surface area contributed by atoms with Crippen molar-refractivity contribution in [2.45, 2.75) is 278 Å². The van der Waals surface area contributed by atoms with E-state index in [1.54, 1.807) is 0 Å². The van der Waals surface area contributed by atoms with Gasteiger partial charge in [0.15, 0.2) is 0 Å². The minimum atomic E-state index is -0.507. The van der Waals surface area contributed by atoms with E-state index in [2.05, 4.69) is 125 Å². The highest BCUT2D eigenvalue weighted by Gasteiger charge is 2.06. The molecule has 0 rings (SSSR count). The van der Waals surface area contributed by atoms with E-state index in [1.807, 2.05) is 18.9 Å². The molecule has 4 atom stereocenters. The van der Waals surface area contributed by atoms with Gasteiger partial charge in [-0.05, 0) is 119 Å². The summed E-state index contributed by atoms with van der Waals surface area (Å²) in [5.41, 5.74) is 0. The summed E-state index contributed by atoms with van der Waals surface area (Å²) in [5.74, 6) is 10.7. The molecule has 0 spiro atoms. The first-order chi connectivity index (χ1) is 27.4. The summed E-state index contributed by atoms with van der Waals surface area (Å²) in [6, 6.07) is 0.481. The van der Waals surface area contributed by atoms with Gasteiger partial charge in [0.2, 0.25) is 0 Å². The lowest BCUT2D eigenvalue weighted by atomic mass is 9.96. The number of aliphatic hydroxyl groups is 5. The Labute approximate surface area is 374 Å². The second kappa shape index (κ2) is 57.7. The van der Waals surface area contributed by atoms with Crippen LogP contribution in [0.5, 0.6) is 0 Å². The zero-order valence-corrected chi connectivity index (χ0v) is 44.5. The van der Waals surface area contributed by atoms with Crippen LogP contribution in [-0.2, 0) is 0 Å². The van der Waals surface area contributed by atoms with Crippen LogP contribution in [0.25, 0.3) is 0 Å². The quantitative estimate of drug-likeness (QED) is 0.0290. The van der Waals surface area contributed by atoms with Gasteiger partial charge in [-0.15, -0.1) is 0 Å². The maximum atomic E-state index is 9.11. The average molecular weight is 854 g/mol. The number of hydrazine groups is 1. The summed E-state index contributed by atoms with van der Waals surface area (Å²) < 4.78 is 0. The van der Waals surface area contributed by atoms with Crippen LogP contribution in [0.4, 0.5) is 0 Å². The van der Waals surface area contributed by atoms with E-state index >= 15 is 0 Å². The molecule has 0 heterocycles. The Hall–Kier alpha value is -0.280. The Kier molecular flexibility index (Phi) is 71.5. The average Bonchev–Trinajstić information content (AvgIpc) is 3.17. The first-order valence-electron chi connectivity index (χ1n) is 25.2. The van der Waals surface area contributed by atoms with E-state index in [4.69, 9.17) is 31.4 Å². The van der Waals surface area contributed by atoms with Crippen LogP contribution in [0.1, 0.15) is 254 Å². The van der Waals surface area contributed by atoms with E-state index in [1.165, 1.54) is 44.9 Å². The largest absolute Gasteiger partial charge is 0.396 e. The van der Waals surface area contributed by atoms with Crippen LogP contribution in [0.2, 0.25) is 0 Å². The van der Waals surface area contributed by atoms with Crippen LogP contribution in [0.15, 0.2) is 0 Å². The molecule has 0 saturated heterocycles. The predicted octanol–water partition coefficient (Wildman–Crippen LogP) is 14.2. The maximum absolute atomic E-state index is 9.11. The summed E-state index contributed by atoms with van der Waals surface area (Å²) in [5, 5.41) is 46.1. The highest BCUT2D eigenvalue weighted by molar-refractivity contribution is 4.58. The Morgan fingerprint density at radius 2 is 0.746 bits per heavy atom. The van der Waals surface area contributed by atoms with Crippen LogP contribution >= 0.6 is 0 Å². The van der Waals surface area contributed by atoms with Crippen molar-refractivity contribution in [2.75, 3.05) is 19.8 Å². The van der Waals surface area contributed by atoms with E-state index < -0.39 is 6.10 Å². The molecule has 7 N–H and O–H groups in total. The molecule has 0 radical (unpaired) electrons. The van der Waals surface area contributed by atoms with E-state index in [-0.39, 0.29) is 18.8 Å². The van der Waals surface area contributed by atoms with Crippen molar-refractivity contribution in [3.05, 3.63) is 0 Å². The zero-order valence-electron chi connectivity index (χ0n) is 44.5. The Morgan fingerprint density at radius 1 is 0.390 bits per heavy atom. The maximum Gasteiger partial charge on any atom is 0.0771 e. The van der Waals surface area contributed by atoms with E-state index in [0.29, 0.717) is 30.9 Å². The second-order valence-electron chi connectivity index (χ2n) is 19.7. The molecule has 368 valence electrons. The Balaban J connectivity index is -0.000000107. The summed E-state index contributed by atoms with van der Waals surface area (Å²) in [4.78, 5) is 0. The smallest absolute Gasteiger partial charge is 0.0771 e. The van der Waals surface area contributed by atoms with Gasteiger partial charge >= 0.3 is 0 Å². The Morgan fingerprint density at radius 3 is 0.932 bits per heavy atom. The molecule has 7 heteroatoms. The molecule has 0 aliphatic heterocycles. The van der Waals surface area contributed by atoms with Gasteiger partial charge in [-0.3, -0.25) is 5.84 Å². The zero-order chi connectivity index (χ0) is 47.8. The van der Waals surface area contributed by atoms with E-state index in [0.717, 1.165) is 100 Å². The van der Waals surface area contributed by atoms with Crippen LogP contribution in [0, 0.1) is 41.4 Å². The fraction of sp³-hybridized carbons (Fsp3) is 1.00. The van der Waals surface area contributed by atoms with Crippen molar-refractivity contribution < 1.29 is 25.5 Å². The van der Waals surface area contributed by atoms with Crippen LogP contribution in [0.3, 0.4) is 0 Å². The number of unbranched alkanes of at least 4 members (excludes halogenated alkanes) is 3. The molecular formula is C52H120N2O5. The molecule has 0 aliphatic carbocycles. The molecule has 0 aromatic rings. The first kappa shape index (κ1) is 73.1. The topological polar surface area (TPSA) is 130 Å². The monoisotopic (exact) mass is 853 g/mol. The van der Waals surface area contributed by atoms with Gasteiger partial charge < -0.3 is 25.5 Å². The summed E-state index contributed by atoms with van der Waals surface area (Å²) in [7, 11) is 0. The highest BCUT2D eigenvalue weighted by Crippen LogP contribution is 2.14. The molecule has 0 saturated carbocycles. The number of nitrogens with two attached hydrogens (primary N) is 1. The number of aliphatic hydroxyl groups excluding tert-OH is 5. The molecule has 0 amide bonds. The highest BCUT2D eigenvalue weighted by atomic mass is 16.3. The lowest BCUT2D eigenvalue weighted by Crippen LogP contribution is -2.37. The van der Waals surface area contributed by atoms with E-state index in [9.17, 15) is 0 Å². The number of nitrogens with zero attached hydrogens (tertiary/aromatic N) is 1. The van der Waals surface area contributed by atoms with Gasteiger partial charge in [-0.1, -0.05) is 176 Å². The van der Waals surface area contributed by atoms with Crippen molar-refractivity contribution in [3.63, 3.8) is 0 Å². The lowest BCUT2D eigenvalue weighted by Gasteiger charge is -2.18. The van der Waals surface area contributed by atoms with Crippen molar-refractivity contribution >= 4 is 0 Å².